The fraction of sp³-hybridized carbons (Fsp3) is 0.706. The smallest absolute Gasteiger partial charge is 0.326 e. The molecule has 172 valence electrons. The van der Waals surface area contributed by atoms with Gasteiger partial charge < -0.3 is 42.7 Å². The number of carbonyl (C=O) groups excluding carboxylic acids is 4. The third-order valence-corrected chi connectivity index (χ3v) is 4.41. The normalized spacial score (nSPS) is 16.9. The van der Waals surface area contributed by atoms with Gasteiger partial charge in [0.25, 0.3) is 0 Å². The molecular formula is C17H31N5O8. The van der Waals surface area contributed by atoms with Crippen molar-refractivity contribution in [3.63, 3.8) is 0 Å². The van der Waals surface area contributed by atoms with E-state index in [0.29, 0.717) is 6.42 Å². The first-order valence-corrected chi connectivity index (χ1v) is 9.32. The number of rotatable bonds is 13. The third-order valence-electron chi connectivity index (χ3n) is 4.41. The molecule has 0 aliphatic heterocycles. The highest BCUT2D eigenvalue weighted by molar-refractivity contribution is 5.96. The van der Waals surface area contributed by atoms with Gasteiger partial charge in [-0.05, 0) is 12.8 Å². The van der Waals surface area contributed by atoms with Gasteiger partial charge in [-0.2, -0.15) is 0 Å². The molecule has 10 N–H and O–H groups in total. The SMILES string of the molecule is CCC(C)C(NC(=O)C(CC(N)=O)NC(=O)C(NC(=O)C(N)CO)C(C)O)C(=O)O. The van der Waals surface area contributed by atoms with Crippen LogP contribution in [0.1, 0.15) is 33.6 Å². The van der Waals surface area contributed by atoms with E-state index >= 15 is 0 Å². The van der Waals surface area contributed by atoms with E-state index in [2.05, 4.69) is 16.0 Å². The average molecular weight is 433 g/mol. The van der Waals surface area contributed by atoms with Gasteiger partial charge in [-0.15, -0.1) is 0 Å². The van der Waals surface area contributed by atoms with Crippen LogP contribution in [0.4, 0.5) is 0 Å². The Labute approximate surface area is 173 Å². The lowest BCUT2D eigenvalue weighted by Crippen LogP contribution is -2.60. The predicted molar refractivity (Wildman–Crippen MR) is 103 cm³/mol. The summed E-state index contributed by atoms with van der Waals surface area (Å²) in [4.78, 5) is 59.6. The maximum absolute atomic E-state index is 12.5. The monoisotopic (exact) mass is 433 g/mol. The lowest BCUT2D eigenvalue weighted by atomic mass is 9.98. The highest BCUT2D eigenvalue weighted by atomic mass is 16.4. The van der Waals surface area contributed by atoms with Crippen molar-refractivity contribution >= 4 is 29.6 Å². The average Bonchev–Trinajstić information content (AvgIpc) is 2.66. The summed E-state index contributed by atoms with van der Waals surface area (Å²) in [5, 5.41) is 34.5. The quantitative estimate of drug-likeness (QED) is 0.142. The fourth-order valence-corrected chi connectivity index (χ4v) is 2.36. The second kappa shape index (κ2) is 12.7. The first-order valence-electron chi connectivity index (χ1n) is 9.32. The van der Waals surface area contributed by atoms with Gasteiger partial charge in [0.05, 0.1) is 19.1 Å². The second-order valence-electron chi connectivity index (χ2n) is 6.96. The number of hydrogen-bond donors (Lipinski definition) is 8. The number of carboxylic acids is 1. The zero-order valence-corrected chi connectivity index (χ0v) is 17.1. The number of hydrogen-bond acceptors (Lipinski definition) is 8. The number of amides is 4. The summed E-state index contributed by atoms with van der Waals surface area (Å²) in [5.74, 6) is -5.64. The Kier molecular flexibility index (Phi) is 11.5. The molecule has 0 rings (SSSR count). The zero-order valence-electron chi connectivity index (χ0n) is 17.1. The number of aliphatic hydroxyl groups excluding tert-OH is 2. The number of carbonyl (C=O) groups is 5. The van der Waals surface area contributed by atoms with Crippen LogP contribution in [0.3, 0.4) is 0 Å². The molecule has 13 heteroatoms. The molecule has 0 saturated heterocycles. The van der Waals surface area contributed by atoms with Crippen molar-refractivity contribution in [3.05, 3.63) is 0 Å². The molecule has 30 heavy (non-hydrogen) atoms. The van der Waals surface area contributed by atoms with Gasteiger partial charge in [0.15, 0.2) is 0 Å². The minimum atomic E-state index is -1.57. The summed E-state index contributed by atoms with van der Waals surface area (Å²) in [6, 6.07) is -5.74. The molecule has 4 amide bonds. The number of primary amides is 1. The number of nitrogens with two attached hydrogens (primary N) is 2. The number of aliphatic hydroxyl groups is 2. The Morgan fingerprint density at radius 2 is 1.47 bits per heavy atom. The predicted octanol–water partition coefficient (Wildman–Crippen LogP) is -3.85. The van der Waals surface area contributed by atoms with Crippen molar-refractivity contribution in [2.45, 2.75) is 63.9 Å². The molecule has 6 atom stereocenters. The van der Waals surface area contributed by atoms with E-state index in [9.17, 15) is 34.2 Å². The second-order valence-corrected chi connectivity index (χ2v) is 6.96. The topological polar surface area (TPSA) is 234 Å². The Balaban J connectivity index is 5.48. The van der Waals surface area contributed by atoms with Crippen molar-refractivity contribution in [3.8, 4) is 0 Å². The minimum Gasteiger partial charge on any atom is -0.480 e. The van der Waals surface area contributed by atoms with E-state index in [0.717, 1.165) is 0 Å². The highest BCUT2D eigenvalue weighted by Gasteiger charge is 2.34. The van der Waals surface area contributed by atoms with E-state index in [1.807, 2.05) is 0 Å². The molecule has 6 unspecified atom stereocenters. The molecule has 0 aromatic carbocycles. The van der Waals surface area contributed by atoms with Crippen molar-refractivity contribution in [2.75, 3.05) is 6.61 Å². The van der Waals surface area contributed by atoms with Crippen LogP contribution in [0.5, 0.6) is 0 Å². The Morgan fingerprint density at radius 1 is 0.933 bits per heavy atom. The molecule has 0 bridgehead atoms. The van der Waals surface area contributed by atoms with Gasteiger partial charge in [-0.1, -0.05) is 20.3 Å². The van der Waals surface area contributed by atoms with Gasteiger partial charge in [0, 0.05) is 0 Å². The summed E-state index contributed by atoms with van der Waals surface area (Å²) in [6.45, 7) is 3.80. The van der Waals surface area contributed by atoms with Crippen LogP contribution in [0.25, 0.3) is 0 Å². The highest BCUT2D eigenvalue weighted by Crippen LogP contribution is 2.09. The third kappa shape index (κ3) is 8.71. The van der Waals surface area contributed by atoms with Crippen LogP contribution in [0, 0.1) is 5.92 Å². The molecule has 0 heterocycles. The molecule has 0 fully saturated rings. The number of nitrogens with one attached hydrogen (secondary N) is 3. The first-order chi connectivity index (χ1) is 13.8. The lowest BCUT2D eigenvalue weighted by Gasteiger charge is -2.26. The maximum atomic E-state index is 12.5. The Morgan fingerprint density at radius 3 is 1.87 bits per heavy atom. The van der Waals surface area contributed by atoms with Crippen LogP contribution in [0.2, 0.25) is 0 Å². The summed E-state index contributed by atoms with van der Waals surface area (Å²) >= 11 is 0. The van der Waals surface area contributed by atoms with Crippen LogP contribution < -0.4 is 27.4 Å². The van der Waals surface area contributed by atoms with Gasteiger partial charge in [-0.3, -0.25) is 19.2 Å². The molecule has 0 saturated carbocycles. The molecule has 0 spiro atoms. The van der Waals surface area contributed by atoms with Crippen LogP contribution in [-0.4, -0.2) is 81.8 Å². The van der Waals surface area contributed by atoms with E-state index in [1.165, 1.54) is 6.92 Å². The summed E-state index contributed by atoms with van der Waals surface area (Å²) in [7, 11) is 0. The first kappa shape index (κ1) is 27.2. The molecule has 0 aromatic rings. The Bertz CT molecular complexity index is 642. The van der Waals surface area contributed by atoms with Crippen LogP contribution >= 0.6 is 0 Å². The standard InChI is InChI=1S/C17H31N5O8/c1-4-7(2)12(17(29)30)21-15(27)10(5-11(19)25)20-16(28)13(8(3)24)22-14(26)9(18)6-23/h7-10,12-13,23-24H,4-6,18H2,1-3H3,(H2,19,25)(H,20,28)(H,21,27)(H,22,26)(H,29,30). The van der Waals surface area contributed by atoms with E-state index in [1.54, 1.807) is 13.8 Å². The van der Waals surface area contributed by atoms with Crippen molar-refractivity contribution in [1.82, 2.24) is 16.0 Å². The summed E-state index contributed by atoms with van der Waals surface area (Å²) in [6.07, 6.45) is -1.64. The van der Waals surface area contributed by atoms with Crippen LogP contribution in [0.15, 0.2) is 0 Å². The number of aliphatic carboxylic acids is 1. The van der Waals surface area contributed by atoms with E-state index < -0.39 is 78.8 Å². The summed E-state index contributed by atoms with van der Waals surface area (Å²) in [5.41, 5.74) is 10.5. The van der Waals surface area contributed by atoms with Crippen molar-refractivity contribution in [2.24, 2.45) is 17.4 Å². The molecular weight excluding hydrogens is 402 g/mol. The molecule has 0 aliphatic rings. The lowest BCUT2D eigenvalue weighted by molar-refractivity contribution is -0.144. The van der Waals surface area contributed by atoms with Gasteiger partial charge in [0.1, 0.15) is 24.2 Å². The van der Waals surface area contributed by atoms with Gasteiger partial charge in [0.2, 0.25) is 23.6 Å². The van der Waals surface area contributed by atoms with Crippen molar-refractivity contribution < 1.29 is 39.3 Å². The maximum Gasteiger partial charge on any atom is 0.326 e. The fourth-order valence-electron chi connectivity index (χ4n) is 2.36. The van der Waals surface area contributed by atoms with E-state index in [-0.39, 0.29) is 0 Å². The summed E-state index contributed by atoms with van der Waals surface area (Å²) < 4.78 is 0. The Hall–Kier alpha value is -2.77. The minimum absolute atomic E-state index is 0.436. The van der Waals surface area contributed by atoms with Crippen molar-refractivity contribution in [1.29, 1.82) is 0 Å². The number of carboxylic acid groups (broad SMARTS) is 1. The molecule has 0 radical (unpaired) electrons. The van der Waals surface area contributed by atoms with E-state index in [4.69, 9.17) is 16.6 Å². The largest absolute Gasteiger partial charge is 0.480 e. The zero-order chi connectivity index (χ0) is 23.6. The molecule has 0 aliphatic carbocycles. The molecule has 0 aromatic heterocycles. The van der Waals surface area contributed by atoms with Gasteiger partial charge in [-0.25, -0.2) is 4.79 Å². The molecule has 13 nitrogen and oxygen atoms in total. The van der Waals surface area contributed by atoms with Crippen LogP contribution in [-0.2, 0) is 24.0 Å². The van der Waals surface area contributed by atoms with Gasteiger partial charge >= 0.3 is 5.97 Å².